The molecule has 0 aliphatic carbocycles. The van der Waals surface area contributed by atoms with Crippen molar-refractivity contribution in [3.63, 3.8) is 0 Å². The van der Waals surface area contributed by atoms with Crippen molar-refractivity contribution in [1.29, 1.82) is 0 Å². The molecule has 5 nitrogen and oxygen atoms in total. The molecule has 2 aromatic rings. The summed E-state index contributed by atoms with van der Waals surface area (Å²) >= 11 is 0. The summed E-state index contributed by atoms with van der Waals surface area (Å²) in [7, 11) is 3.25. The highest BCUT2D eigenvalue weighted by molar-refractivity contribution is 5.67. The topological polar surface area (TPSA) is 57.4 Å². The van der Waals surface area contributed by atoms with Crippen LogP contribution in [0.2, 0.25) is 0 Å². The number of nitrogens with zero attached hydrogens (tertiary/aromatic N) is 2. The fraction of sp³-hybridized carbons (Fsp3) is 0.500. The molecule has 0 aliphatic heterocycles. The second-order valence-corrected chi connectivity index (χ2v) is 6.01. The van der Waals surface area contributed by atoms with Crippen molar-refractivity contribution < 1.29 is 14.0 Å². The van der Waals surface area contributed by atoms with E-state index in [4.69, 9.17) is 14.0 Å². The second kappa shape index (κ2) is 10.5. The summed E-state index contributed by atoms with van der Waals surface area (Å²) in [6.07, 6.45) is 12.2. The maximum absolute atomic E-state index is 5.30. The van der Waals surface area contributed by atoms with Crippen LogP contribution < -0.4 is 9.47 Å². The summed E-state index contributed by atoms with van der Waals surface area (Å²) in [4.78, 5) is 4.42. The molecular weight excluding hydrogens is 316 g/mol. The Morgan fingerprint density at radius 1 is 0.960 bits per heavy atom. The maximum Gasteiger partial charge on any atom is 0.250 e. The monoisotopic (exact) mass is 344 g/mol. The lowest BCUT2D eigenvalue weighted by atomic mass is 10.1. The number of unbranched alkanes of at least 4 members (excludes halogenated alkanes) is 5. The van der Waals surface area contributed by atoms with Gasteiger partial charge < -0.3 is 14.0 Å². The molecule has 0 radical (unpaired) electrons. The smallest absolute Gasteiger partial charge is 0.250 e. The number of methoxy groups -OCH3 is 2. The van der Waals surface area contributed by atoms with Crippen molar-refractivity contribution in [3.05, 3.63) is 35.5 Å². The second-order valence-electron chi connectivity index (χ2n) is 6.01. The number of hydrogen-bond donors (Lipinski definition) is 0. The standard InChI is InChI=1S/C20H28N2O3/c1-4-5-6-7-8-9-10-19-21-20(25-22-19)14-12-16-11-13-17(23-2)18(15-16)24-3/h11-15H,4-10H2,1-3H3. The van der Waals surface area contributed by atoms with Crippen LogP contribution in [0.5, 0.6) is 11.5 Å². The third-order valence-electron chi connectivity index (χ3n) is 4.06. The first-order valence-electron chi connectivity index (χ1n) is 8.99. The number of hydrogen-bond acceptors (Lipinski definition) is 5. The van der Waals surface area contributed by atoms with Gasteiger partial charge in [-0.05, 0) is 30.2 Å². The van der Waals surface area contributed by atoms with E-state index in [0.29, 0.717) is 17.4 Å². The summed E-state index contributed by atoms with van der Waals surface area (Å²) in [6.45, 7) is 2.23. The zero-order chi connectivity index (χ0) is 17.9. The number of aryl methyl sites for hydroxylation is 1. The van der Waals surface area contributed by atoms with Crippen LogP contribution in [-0.2, 0) is 6.42 Å². The lowest BCUT2D eigenvalue weighted by Gasteiger charge is -2.07. The van der Waals surface area contributed by atoms with E-state index in [9.17, 15) is 0 Å². The molecule has 1 heterocycles. The molecule has 0 bridgehead atoms. The first-order chi connectivity index (χ1) is 12.3. The van der Waals surface area contributed by atoms with E-state index < -0.39 is 0 Å². The molecule has 0 atom stereocenters. The van der Waals surface area contributed by atoms with E-state index in [0.717, 1.165) is 24.2 Å². The van der Waals surface area contributed by atoms with Crippen molar-refractivity contribution in [1.82, 2.24) is 10.1 Å². The van der Waals surface area contributed by atoms with Gasteiger partial charge in [-0.25, -0.2) is 0 Å². The normalized spacial score (nSPS) is 11.2. The Bertz CT molecular complexity index is 665. The first-order valence-corrected chi connectivity index (χ1v) is 8.99. The molecule has 2 rings (SSSR count). The van der Waals surface area contributed by atoms with Crippen LogP contribution in [0.4, 0.5) is 0 Å². The third kappa shape index (κ3) is 6.25. The molecule has 0 spiro atoms. The number of aromatic nitrogens is 2. The fourth-order valence-corrected chi connectivity index (χ4v) is 2.62. The van der Waals surface area contributed by atoms with Gasteiger partial charge in [0, 0.05) is 12.5 Å². The minimum Gasteiger partial charge on any atom is -0.493 e. The molecule has 0 saturated heterocycles. The Morgan fingerprint density at radius 3 is 2.48 bits per heavy atom. The largest absolute Gasteiger partial charge is 0.493 e. The summed E-state index contributed by atoms with van der Waals surface area (Å²) in [5.74, 6) is 2.70. The molecule has 0 aliphatic rings. The Hall–Kier alpha value is -2.30. The maximum atomic E-state index is 5.30. The molecule has 5 heteroatoms. The van der Waals surface area contributed by atoms with Gasteiger partial charge in [-0.3, -0.25) is 0 Å². The highest BCUT2D eigenvalue weighted by Crippen LogP contribution is 2.28. The average molecular weight is 344 g/mol. The van der Waals surface area contributed by atoms with Gasteiger partial charge in [0.25, 0.3) is 5.89 Å². The molecule has 0 amide bonds. The van der Waals surface area contributed by atoms with Gasteiger partial charge in [0.2, 0.25) is 0 Å². The van der Waals surface area contributed by atoms with Crippen LogP contribution in [0.25, 0.3) is 12.2 Å². The quantitative estimate of drug-likeness (QED) is 0.527. The third-order valence-corrected chi connectivity index (χ3v) is 4.06. The van der Waals surface area contributed by atoms with E-state index in [-0.39, 0.29) is 0 Å². The van der Waals surface area contributed by atoms with Crippen LogP contribution in [0.15, 0.2) is 22.7 Å². The Labute approximate surface area is 150 Å². The summed E-state index contributed by atoms with van der Waals surface area (Å²) in [6, 6.07) is 5.73. The van der Waals surface area contributed by atoms with Gasteiger partial charge in [0.1, 0.15) is 0 Å². The zero-order valence-electron chi connectivity index (χ0n) is 15.5. The predicted octanol–water partition coefficient (Wildman–Crippen LogP) is 5.16. The van der Waals surface area contributed by atoms with Crippen molar-refractivity contribution in [2.45, 2.75) is 51.9 Å². The molecule has 0 unspecified atom stereocenters. The van der Waals surface area contributed by atoms with E-state index in [2.05, 4.69) is 17.1 Å². The molecule has 136 valence electrons. The Morgan fingerprint density at radius 2 is 1.72 bits per heavy atom. The van der Waals surface area contributed by atoms with Crippen LogP contribution >= 0.6 is 0 Å². The zero-order valence-corrected chi connectivity index (χ0v) is 15.5. The summed E-state index contributed by atoms with van der Waals surface area (Å²) in [5, 5.41) is 4.04. The van der Waals surface area contributed by atoms with Crippen molar-refractivity contribution in [2.75, 3.05) is 14.2 Å². The first kappa shape index (κ1) is 19.0. The SMILES string of the molecule is CCCCCCCCc1noc(C=Cc2ccc(OC)c(OC)c2)n1. The summed E-state index contributed by atoms with van der Waals surface area (Å²) < 4.78 is 15.8. The van der Waals surface area contributed by atoms with E-state index in [1.165, 1.54) is 32.1 Å². The predicted molar refractivity (Wildman–Crippen MR) is 99.9 cm³/mol. The Kier molecular flexibility index (Phi) is 8.02. The van der Waals surface area contributed by atoms with E-state index in [1.807, 2.05) is 30.4 Å². The van der Waals surface area contributed by atoms with Gasteiger partial charge in [-0.15, -0.1) is 0 Å². The molecule has 0 N–H and O–H groups in total. The molecule has 1 aromatic carbocycles. The van der Waals surface area contributed by atoms with Gasteiger partial charge in [-0.1, -0.05) is 50.3 Å². The van der Waals surface area contributed by atoms with Gasteiger partial charge in [0.15, 0.2) is 17.3 Å². The molecule has 0 fully saturated rings. The van der Waals surface area contributed by atoms with Crippen LogP contribution in [0, 0.1) is 0 Å². The average Bonchev–Trinajstić information content (AvgIpc) is 3.10. The highest BCUT2D eigenvalue weighted by Gasteiger charge is 2.05. The lowest BCUT2D eigenvalue weighted by Crippen LogP contribution is -1.90. The molecule has 25 heavy (non-hydrogen) atoms. The van der Waals surface area contributed by atoms with Crippen LogP contribution in [0.1, 0.15) is 62.7 Å². The van der Waals surface area contributed by atoms with Crippen molar-refractivity contribution >= 4 is 12.2 Å². The van der Waals surface area contributed by atoms with E-state index >= 15 is 0 Å². The number of ether oxygens (including phenoxy) is 2. The van der Waals surface area contributed by atoms with Crippen LogP contribution in [-0.4, -0.2) is 24.4 Å². The summed E-state index contributed by atoms with van der Waals surface area (Å²) in [5.41, 5.74) is 0.980. The van der Waals surface area contributed by atoms with Gasteiger partial charge in [-0.2, -0.15) is 4.98 Å². The number of rotatable bonds is 11. The molecule has 0 saturated carbocycles. The van der Waals surface area contributed by atoms with Crippen LogP contribution in [0.3, 0.4) is 0 Å². The molecular formula is C20H28N2O3. The Balaban J connectivity index is 1.85. The highest BCUT2D eigenvalue weighted by atomic mass is 16.5. The van der Waals surface area contributed by atoms with Gasteiger partial charge in [0.05, 0.1) is 14.2 Å². The molecule has 1 aromatic heterocycles. The van der Waals surface area contributed by atoms with Crippen molar-refractivity contribution in [2.24, 2.45) is 0 Å². The van der Waals surface area contributed by atoms with E-state index in [1.54, 1.807) is 14.2 Å². The minimum atomic E-state index is 0.524. The van der Waals surface area contributed by atoms with Gasteiger partial charge >= 0.3 is 0 Å². The van der Waals surface area contributed by atoms with Crippen molar-refractivity contribution in [3.8, 4) is 11.5 Å². The fourth-order valence-electron chi connectivity index (χ4n) is 2.62. The minimum absolute atomic E-state index is 0.524. The lowest BCUT2D eigenvalue weighted by molar-refractivity contribution is 0.355. The number of benzene rings is 1.